The Bertz CT molecular complexity index is 364. The molecule has 0 aliphatic heterocycles. The van der Waals surface area contributed by atoms with Gasteiger partial charge >= 0.3 is 0 Å². The van der Waals surface area contributed by atoms with Gasteiger partial charge in [-0.25, -0.2) is 0 Å². The highest BCUT2D eigenvalue weighted by Gasteiger charge is 2.25. The van der Waals surface area contributed by atoms with E-state index in [1.807, 2.05) is 7.05 Å². The molecule has 0 bridgehead atoms. The van der Waals surface area contributed by atoms with Crippen LogP contribution in [0.1, 0.15) is 44.1 Å². The van der Waals surface area contributed by atoms with Gasteiger partial charge in [-0.15, -0.1) is 0 Å². The van der Waals surface area contributed by atoms with Crippen LogP contribution in [-0.4, -0.2) is 30.2 Å². The first-order chi connectivity index (χ1) is 8.70. The maximum Gasteiger partial charge on any atom is 0.151 e. The average Bonchev–Trinajstić information content (AvgIpc) is 2.77. The van der Waals surface area contributed by atoms with Crippen LogP contribution < -0.4 is 5.32 Å². The minimum absolute atomic E-state index is 0.691. The van der Waals surface area contributed by atoms with Crippen molar-refractivity contribution in [1.82, 2.24) is 15.4 Å². The van der Waals surface area contributed by atoms with Crippen LogP contribution in [0.2, 0.25) is 0 Å². The van der Waals surface area contributed by atoms with Crippen LogP contribution in [0, 0.1) is 5.92 Å². The zero-order valence-electron chi connectivity index (χ0n) is 11.8. The Kier molecular flexibility index (Phi) is 4.78. The topological polar surface area (TPSA) is 41.3 Å². The number of hydrogen-bond donors (Lipinski definition) is 1. The Balaban J connectivity index is 1.90. The molecule has 4 heteroatoms. The molecule has 0 spiro atoms. The van der Waals surface area contributed by atoms with Crippen molar-refractivity contribution in [3.8, 4) is 0 Å². The van der Waals surface area contributed by atoms with E-state index >= 15 is 0 Å². The molecule has 2 unspecified atom stereocenters. The van der Waals surface area contributed by atoms with Gasteiger partial charge in [-0.1, -0.05) is 24.9 Å². The fraction of sp³-hybridized carbons (Fsp3) is 0.786. The first kappa shape index (κ1) is 13.6. The van der Waals surface area contributed by atoms with Crippen LogP contribution in [0.25, 0.3) is 0 Å². The minimum atomic E-state index is 0.691. The van der Waals surface area contributed by atoms with E-state index in [2.05, 4.69) is 35.4 Å². The van der Waals surface area contributed by atoms with Gasteiger partial charge in [0.2, 0.25) is 0 Å². The van der Waals surface area contributed by atoms with Crippen LogP contribution in [0.15, 0.2) is 10.6 Å². The molecular formula is C14H25N3O. The third-order valence-electron chi connectivity index (χ3n) is 4.00. The standard InChI is InChI=1S/C14H25N3O/c1-11-6-4-5-7-14(11)17(3)10-13-8-12(9-15-2)16-18-13/h8,11,14-15H,4-7,9-10H2,1-3H3. The Labute approximate surface area is 110 Å². The predicted molar refractivity (Wildman–Crippen MR) is 72.2 cm³/mol. The van der Waals surface area contributed by atoms with E-state index in [9.17, 15) is 0 Å². The first-order valence-corrected chi connectivity index (χ1v) is 7.00. The van der Waals surface area contributed by atoms with Gasteiger partial charge in [0.1, 0.15) is 0 Å². The van der Waals surface area contributed by atoms with Crippen molar-refractivity contribution in [2.45, 2.75) is 51.7 Å². The molecule has 4 nitrogen and oxygen atoms in total. The van der Waals surface area contributed by atoms with Gasteiger partial charge in [0.15, 0.2) is 5.76 Å². The Morgan fingerprint density at radius 3 is 2.94 bits per heavy atom. The third kappa shape index (κ3) is 3.33. The van der Waals surface area contributed by atoms with Crippen LogP contribution >= 0.6 is 0 Å². The van der Waals surface area contributed by atoms with Crippen LogP contribution in [0.5, 0.6) is 0 Å². The molecule has 0 aromatic carbocycles. The molecule has 18 heavy (non-hydrogen) atoms. The number of hydrogen-bond acceptors (Lipinski definition) is 4. The monoisotopic (exact) mass is 251 g/mol. The molecule has 1 aromatic heterocycles. The molecule has 0 saturated heterocycles. The molecule has 1 aliphatic rings. The highest BCUT2D eigenvalue weighted by atomic mass is 16.5. The quantitative estimate of drug-likeness (QED) is 0.872. The highest BCUT2D eigenvalue weighted by Crippen LogP contribution is 2.28. The van der Waals surface area contributed by atoms with Crippen molar-refractivity contribution in [2.75, 3.05) is 14.1 Å². The Hall–Kier alpha value is -0.870. The fourth-order valence-corrected chi connectivity index (χ4v) is 3.01. The van der Waals surface area contributed by atoms with Gasteiger partial charge in [0, 0.05) is 18.7 Å². The van der Waals surface area contributed by atoms with Gasteiger partial charge in [-0.05, 0) is 32.9 Å². The van der Waals surface area contributed by atoms with Crippen molar-refractivity contribution >= 4 is 0 Å². The summed E-state index contributed by atoms with van der Waals surface area (Å²) in [5.74, 6) is 1.77. The highest BCUT2D eigenvalue weighted by molar-refractivity contribution is 5.05. The van der Waals surface area contributed by atoms with Crippen LogP contribution in [-0.2, 0) is 13.1 Å². The lowest BCUT2D eigenvalue weighted by molar-refractivity contribution is 0.122. The Morgan fingerprint density at radius 2 is 2.22 bits per heavy atom. The lowest BCUT2D eigenvalue weighted by atomic mass is 9.85. The number of nitrogens with one attached hydrogen (secondary N) is 1. The predicted octanol–water partition coefficient (Wildman–Crippen LogP) is 2.40. The van der Waals surface area contributed by atoms with E-state index in [4.69, 9.17) is 4.52 Å². The summed E-state index contributed by atoms with van der Waals surface area (Å²) in [5.41, 5.74) is 0.984. The zero-order valence-corrected chi connectivity index (χ0v) is 11.8. The van der Waals surface area contributed by atoms with Gasteiger partial charge in [0.05, 0.1) is 12.2 Å². The third-order valence-corrected chi connectivity index (χ3v) is 4.00. The average molecular weight is 251 g/mol. The van der Waals surface area contributed by atoms with E-state index in [0.717, 1.165) is 30.5 Å². The summed E-state index contributed by atoms with van der Waals surface area (Å²) in [4.78, 5) is 2.42. The maximum absolute atomic E-state index is 5.38. The van der Waals surface area contributed by atoms with Crippen molar-refractivity contribution in [3.05, 3.63) is 17.5 Å². The normalized spacial score (nSPS) is 24.7. The lowest BCUT2D eigenvalue weighted by Gasteiger charge is -2.35. The SMILES string of the molecule is CNCc1cc(CN(C)C2CCCCC2C)on1. The van der Waals surface area contributed by atoms with Gasteiger partial charge in [0.25, 0.3) is 0 Å². The smallest absolute Gasteiger partial charge is 0.151 e. The zero-order chi connectivity index (χ0) is 13.0. The number of rotatable bonds is 5. The molecule has 1 saturated carbocycles. The maximum atomic E-state index is 5.38. The van der Waals surface area contributed by atoms with Gasteiger partial charge in [-0.2, -0.15) is 0 Å². The van der Waals surface area contributed by atoms with Crippen molar-refractivity contribution in [1.29, 1.82) is 0 Å². The van der Waals surface area contributed by atoms with Crippen molar-refractivity contribution < 1.29 is 4.52 Å². The molecule has 1 heterocycles. The van der Waals surface area contributed by atoms with Crippen LogP contribution in [0.3, 0.4) is 0 Å². The Morgan fingerprint density at radius 1 is 1.44 bits per heavy atom. The summed E-state index contributed by atoms with van der Waals surface area (Å²) in [6, 6.07) is 2.75. The molecule has 1 fully saturated rings. The second-order valence-corrected chi connectivity index (χ2v) is 5.56. The molecule has 2 atom stereocenters. The summed E-state index contributed by atoms with van der Waals surface area (Å²) >= 11 is 0. The van der Waals surface area contributed by atoms with Crippen molar-refractivity contribution in [3.63, 3.8) is 0 Å². The molecule has 0 radical (unpaired) electrons. The van der Waals surface area contributed by atoms with Crippen LogP contribution in [0.4, 0.5) is 0 Å². The molecular weight excluding hydrogens is 226 g/mol. The molecule has 2 rings (SSSR count). The fourth-order valence-electron chi connectivity index (χ4n) is 3.01. The van der Waals surface area contributed by atoms with Gasteiger partial charge in [-0.3, -0.25) is 4.90 Å². The summed E-state index contributed by atoms with van der Waals surface area (Å²) in [7, 11) is 4.12. The number of aromatic nitrogens is 1. The number of nitrogens with zero attached hydrogens (tertiary/aromatic N) is 2. The molecule has 1 aliphatic carbocycles. The summed E-state index contributed by atoms with van der Waals surface area (Å²) in [6.45, 7) is 4.01. The van der Waals surface area contributed by atoms with Crippen molar-refractivity contribution in [2.24, 2.45) is 5.92 Å². The minimum Gasteiger partial charge on any atom is -0.360 e. The second kappa shape index (κ2) is 6.34. The van der Waals surface area contributed by atoms with E-state index in [1.165, 1.54) is 25.7 Å². The molecule has 1 aromatic rings. The molecule has 0 amide bonds. The van der Waals surface area contributed by atoms with E-state index in [1.54, 1.807) is 0 Å². The van der Waals surface area contributed by atoms with E-state index in [-0.39, 0.29) is 0 Å². The largest absolute Gasteiger partial charge is 0.360 e. The second-order valence-electron chi connectivity index (χ2n) is 5.56. The molecule has 1 N–H and O–H groups in total. The first-order valence-electron chi connectivity index (χ1n) is 7.00. The molecule has 102 valence electrons. The van der Waals surface area contributed by atoms with E-state index < -0.39 is 0 Å². The van der Waals surface area contributed by atoms with E-state index in [0.29, 0.717) is 6.04 Å². The summed E-state index contributed by atoms with van der Waals surface area (Å²) < 4.78 is 5.38. The van der Waals surface area contributed by atoms with Gasteiger partial charge < -0.3 is 9.84 Å². The lowest BCUT2D eigenvalue weighted by Crippen LogP contribution is -2.38. The summed E-state index contributed by atoms with van der Waals surface area (Å²) in [5, 5.41) is 7.14. The summed E-state index contributed by atoms with van der Waals surface area (Å²) in [6.07, 6.45) is 5.42.